The molecular formula is C16H12N2O5. The first kappa shape index (κ1) is 14.6. The summed E-state index contributed by atoms with van der Waals surface area (Å²) in [5.74, 6) is -0.791. The summed E-state index contributed by atoms with van der Waals surface area (Å²) in [5.41, 5.74) is 0.545. The fourth-order valence-electron chi connectivity index (χ4n) is 2.16. The Balaban J connectivity index is 2.07. The van der Waals surface area contributed by atoms with Crippen LogP contribution in [0.15, 0.2) is 47.0 Å². The Morgan fingerprint density at radius 2 is 1.87 bits per heavy atom. The third-order valence-electron chi connectivity index (χ3n) is 3.27. The molecule has 0 amide bonds. The van der Waals surface area contributed by atoms with Crippen LogP contribution in [0.5, 0.6) is 11.5 Å². The normalized spacial score (nSPS) is 10.5. The highest BCUT2D eigenvalue weighted by molar-refractivity contribution is 5.93. The van der Waals surface area contributed by atoms with Gasteiger partial charge in [-0.2, -0.15) is 4.98 Å². The monoisotopic (exact) mass is 312 g/mol. The van der Waals surface area contributed by atoms with Crippen LogP contribution < -0.4 is 4.74 Å². The molecule has 116 valence electrons. The van der Waals surface area contributed by atoms with Gasteiger partial charge in [0.25, 0.3) is 5.89 Å². The Morgan fingerprint density at radius 1 is 1.13 bits per heavy atom. The summed E-state index contributed by atoms with van der Waals surface area (Å²) >= 11 is 0. The predicted octanol–water partition coefficient (Wildman–Crippen LogP) is 2.82. The minimum absolute atomic E-state index is 0.0894. The van der Waals surface area contributed by atoms with E-state index in [0.717, 1.165) is 0 Å². The Kier molecular flexibility index (Phi) is 3.68. The highest BCUT2D eigenvalue weighted by Gasteiger charge is 2.19. The van der Waals surface area contributed by atoms with Crippen LogP contribution >= 0.6 is 0 Å². The van der Waals surface area contributed by atoms with Crippen LogP contribution in [0, 0.1) is 0 Å². The van der Waals surface area contributed by atoms with E-state index in [2.05, 4.69) is 10.1 Å². The fraction of sp³-hybridized carbons (Fsp3) is 0.0625. The first-order valence-electron chi connectivity index (χ1n) is 6.64. The molecule has 0 aliphatic heterocycles. The number of methoxy groups -OCH3 is 1. The van der Waals surface area contributed by atoms with Crippen LogP contribution in [0.4, 0.5) is 0 Å². The minimum Gasteiger partial charge on any atom is -0.506 e. The van der Waals surface area contributed by atoms with Gasteiger partial charge in [0.2, 0.25) is 5.82 Å². The number of benzene rings is 2. The van der Waals surface area contributed by atoms with Crippen LogP contribution in [0.1, 0.15) is 10.4 Å². The average Bonchev–Trinajstić information content (AvgIpc) is 3.04. The largest absolute Gasteiger partial charge is 0.506 e. The SMILES string of the molecule is COc1ccccc1-c1nc(-c2cccc(C(=O)O)c2O)no1. The van der Waals surface area contributed by atoms with E-state index in [4.69, 9.17) is 14.4 Å². The molecule has 1 aromatic heterocycles. The standard InChI is InChI=1S/C16H12N2O5/c1-22-12-8-3-2-5-9(12)15-17-14(18-23-15)10-6-4-7-11(13(10)19)16(20)21/h2-8,19H,1H3,(H,20,21). The summed E-state index contributed by atoms with van der Waals surface area (Å²) in [4.78, 5) is 15.3. The van der Waals surface area contributed by atoms with E-state index in [1.165, 1.54) is 25.3 Å². The summed E-state index contributed by atoms with van der Waals surface area (Å²) in [7, 11) is 1.53. The van der Waals surface area contributed by atoms with E-state index < -0.39 is 11.7 Å². The predicted molar refractivity (Wildman–Crippen MR) is 80.3 cm³/mol. The van der Waals surface area contributed by atoms with Crippen molar-refractivity contribution in [1.29, 1.82) is 0 Å². The highest BCUT2D eigenvalue weighted by atomic mass is 16.5. The van der Waals surface area contributed by atoms with E-state index in [1.807, 2.05) is 6.07 Å². The topological polar surface area (TPSA) is 106 Å². The van der Waals surface area contributed by atoms with Crippen molar-refractivity contribution >= 4 is 5.97 Å². The van der Waals surface area contributed by atoms with Crippen LogP contribution in [-0.2, 0) is 0 Å². The molecule has 3 aromatic rings. The summed E-state index contributed by atoms with van der Waals surface area (Å²) in [5, 5.41) is 22.9. The van der Waals surface area contributed by atoms with Crippen LogP contribution in [-0.4, -0.2) is 33.4 Å². The number of hydrogen-bond acceptors (Lipinski definition) is 6. The molecule has 0 fully saturated rings. The molecule has 0 radical (unpaired) electrons. The molecule has 0 saturated heterocycles. The van der Waals surface area contributed by atoms with Gasteiger partial charge >= 0.3 is 5.97 Å². The number of aromatic nitrogens is 2. The van der Waals surface area contributed by atoms with Crippen molar-refractivity contribution in [3.8, 4) is 34.3 Å². The smallest absolute Gasteiger partial charge is 0.339 e. The number of rotatable bonds is 4. The number of aromatic hydroxyl groups is 1. The lowest BCUT2D eigenvalue weighted by molar-refractivity contribution is 0.0694. The maximum Gasteiger partial charge on any atom is 0.339 e. The number of carbonyl (C=O) groups is 1. The molecule has 7 heteroatoms. The average molecular weight is 312 g/mol. The van der Waals surface area contributed by atoms with Gasteiger partial charge in [0.1, 0.15) is 17.1 Å². The van der Waals surface area contributed by atoms with Gasteiger partial charge in [0, 0.05) is 0 Å². The molecule has 0 bridgehead atoms. The van der Waals surface area contributed by atoms with E-state index in [1.54, 1.807) is 18.2 Å². The van der Waals surface area contributed by atoms with Crippen molar-refractivity contribution in [3.63, 3.8) is 0 Å². The lowest BCUT2D eigenvalue weighted by Crippen LogP contribution is -1.97. The second kappa shape index (κ2) is 5.80. The van der Waals surface area contributed by atoms with E-state index in [0.29, 0.717) is 11.3 Å². The van der Waals surface area contributed by atoms with Crippen molar-refractivity contribution < 1.29 is 24.3 Å². The third kappa shape index (κ3) is 2.59. The summed E-state index contributed by atoms with van der Waals surface area (Å²) in [6.07, 6.45) is 0. The summed E-state index contributed by atoms with van der Waals surface area (Å²) < 4.78 is 10.4. The fourth-order valence-corrected chi connectivity index (χ4v) is 2.16. The Labute approximate surface area is 130 Å². The molecule has 0 aliphatic rings. The van der Waals surface area contributed by atoms with Crippen LogP contribution in [0.25, 0.3) is 22.8 Å². The van der Waals surface area contributed by atoms with Crippen molar-refractivity contribution in [3.05, 3.63) is 48.0 Å². The number of hydrogen-bond donors (Lipinski definition) is 2. The van der Waals surface area contributed by atoms with Crippen molar-refractivity contribution in [2.45, 2.75) is 0 Å². The van der Waals surface area contributed by atoms with Gasteiger partial charge in [0.05, 0.1) is 18.2 Å². The number of aromatic carboxylic acids is 1. The van der Waals surface area contributed by atoms with Gasteiger partial charge in [-0.3, -0.25) is 0 Å². The molecule has 3 rings (SSSR count). The second-order valence-electron chi connectivity index (χ2n) is 4.63. The molecule has 7 nitrogen and oxygen atoms in total. The zero-order valence-corrected chi connectivity index (χ0v) is 12.1. The van der Waals surface area contributed by atoms with Gasteiger partial charge in [-0.25, -0.2) is 4.79 Å². The number of para-hydroxylation sites is 2. The highest BCUT2D eigenvalue weighted by Crippen LogP contribution is 2.33. The number of nitrogens with zero attached hydrogens (tertiary/aromatic N) is 2. The van der Waals surface area contributed by atoms with Crippen LogP contribution in [0.3, 0.4) is 0 Å². The number of phenols is 1. The van der Waals surface area contributed by atoms with Gasteiger partial charge in [-0.05, 0) is 24.3 Å². The minimum atomic E-state index is -1.24. The number of ether oxygens (including phenoxy) is 1. The molecule has 0 atom stereocenters. The van der Waals surface area contributed by atoms with Gasteiger partial charge in [-0.1, -0.05) is 23.4 Å². The molecule has 0 unspecified atom stereocenters. The van der Waals surface area contributed by atoms with Gasteiger partial charge in [-0.15, -0.1) is 0 Å². The molecular weight excluding hydrogens is 300 g/mol. The van der Waals surface area contributed by atoms with E-state index in [-0.39, 0.29) is 22.8 Å². The van der Waals surface area contributed by atoms with Crippen molar-refractivity contribution in [1.82, 2.24) is 10.1 Å². The van der Waals surface area contributed by atoms with E-state index in [9.17, 15) is 9.90 Å². The zero-order valence-electron chi connectivity index (χ0n) is 12.1. The first-order chi connectivity index (χ1) is 11.1. The number of carboxylic acid groups (broad SMARTS) is 1. The number of carboxylic acids is 1. The molecule has 0 saturated carbocycles. The quantitative estimate of drug-likeness (QED) is 0.763. The summed E-state index contributed by atoms with van der Waals surface area (Å²) in [6.45, 7) is 0. The Hall–Kier alpha value is -3.35. The van der Waals surface area contributed by atoms with Gasteiger partial charge in [0.15, 0.2) is 0 Å². The molecule has 2 N–H and O–H groups in total. The maximum absolute atomic E-state index is 11.1. The third-order valence-corrected chi connectivity index (χ3v) is 3.27. The maximum atomic E-state index is 11.1. The molecule has 23 heavy (non-hydrogen) atoms. The summed E-state index contributed by atoms with van der Waals surface area (Å²) in [6, 6.07) is 11.4. The molecule has 0 aliphatic carbocycles. The molecule has 2 aromatic carbocycles. The van der Waals surface area contributed by atoms with Crippen molar-refractivity contribution in [2.24, 2.45) is 0 Å². The van der Waals surface area contributed by atoms with Crippen LogP contribution in [0.2, 0.25) is 0 Å². The first-order valence-corrected chi connectivity index (χ1v) is 6.64. The van der Waals surface area contributed by atoms with Crippen molar-refractivity contribution in [2.75, 3.05) is 7.11 Å². The molecule has 1 heterocycles. The van der Waals surface area contributed by atoms with E-state index >= 15 is 0 Å². The van der Waals surface area contributed by atoms with Gasteiger partial charge < -0.3 is 19.5 Å². The lowest BCUT2D eigenvalue weighted by atomic mass is 10.1. The lowest BCUT2D eigenvalue weighted by Gasteiger charge is -2.03. The zero-order chi connectivity index (χ0) is 16.4. The Morgan fingerprint density at radius 3 is 2.61 bits per heavy atom. The second-order valence-corrected chi connectivity index (χ2v) is 4.63. The molecule has 0 spiro atoms. The Bertz CT molecular complexity index is 872.